The number of piperidine rings is 1. The molecule has 17 heavy (non-hydrogen) atoms. The first-order valence-electron chi connectivity index (χ1n) is 6.87. The Labute approximate surface area is 111 Å². The van der Waals surface area contributed by atoms with Crippen molar-refractivity contribution in [3.8, 4) is 0 Å². The second-order valence-corrected chi connectivity index (χ2v) is 6.49. The van der Waals surface area contributed by atoms with E-state index in [2.05, 4.69) is 30.8 Å². The van der Waals surface area contributed by atoms with Crippen molar-refractivity contribution in [2.75, 3.05) is 45.2 Å². The lowest BCUT2D eigenvalue weighted by molar-refractivity contribution is 0.0998. The second-order valence-electron chi connectivity index (χ2n) is 5.10. The highest BCUT2D eigenvalue weighted by atomic mass is 32.2. The molecule has 2 N–H and O–H groups in total. The smallest absolute Gasteiger partial charge is 0.0226 e. The van der Waals surface area contributed by atoms with Crippen molar-refractivity contribution in [1.82, 2.24) is 9.80 Å². The average Bonchev–Trinajstić information content (AvgIpc) is 2.34. The number of rotatable bonds is 7. The van der Waals surface area contributed by atoms with Gasteiger partial charge in [0.25, 0.3) is 0 Å². The van der Waals surface area contributed by atoms with Gasteiger partial charge in [-0.05, 0) is 51.4 Å². The van der Waals surface area contributed by atoms with Crippen molar-refractivity contribution >= 4 is 11.8 Å². The lowest BCUT2D eigenvalue weighted by Crippen LogP contribution is -2.51. The minimum Gasteiger partial charge on any atom is -0.329 e. The van der Waals surface area contributed by atoms with Crippen LogP contribution in [0.2, 0.25) is 0 Å². The second kappa shape index (κ2) is 8.35. The van der Waals surface area contributed by atoms with Crippen LogP contribution in [-0.2, 0) is 0 Å². The third-order valence-electron chi connectivity index (χ3n) is 3.82. The van der Waals surface area contributed by atoms with Crippen LogP contribution in [0.5, 0.6) is 0 Å². The zero-order valence-corrected chi connectivity index (χ0v) is 12.5. The van der Waals surface area contributed by atoms with Crippen LogP contribution in [0.1, 0.15) is 26.2 Å². The molecule has 2 atom stereocenters. The normalized spacial score (nSPS) is 24.2. The Morgan fingerprint density at radius 3 is 2.88 bits per heavy atom. The molecule has 0 spiro atoms. The zero-order valence-electron chi connectivity index (χ0n) is 11.7. The summed E-state index contributed by atoms with van der Waals surface area (Å²) in [6, 6.07) is 1.26. The number of nitrogens with two attached hydrogens (primary N) is 1. The van der Waals surface area contributed by atoms with Crippen molar-refractivity contribution < 1.29 is 0 Å². The van der Waals surface area contributed by atoms with Gasteiger partial charge in [-0.2, -0.15) is 11.8 Å². The molecule has 3 nitrogen and oxygen atoms in total. The lowest BCUT2D eigenvalue weighted by atomic mass is 10.0. The van der Waals surface area contributed by atoms with Gasteiger partial charge in [-0.25, -0.2) is 0 Å². The molecular weight excluding hydrogens is 230 g/mol. The molecule has 2 unspecified atom stereocenters. The summed E-state index contributed by atoms with van der Waals surface area (Å²) in [4.78, 5) is 4.98. The maximum Gasteiger partial charge on any atom is 0.0226 e. The Balaban J connectivity index is 2.38. The number of likely N-dealkylation sites (tertiary alicyclic amines) is 1. The number of thioether (sulfide) groups is 1. The monoisotopic (exact) mass is 259 g/mol. The van der Waals surface area contributed by atoms with Gasteiger partial charge in [0.1, 0.15) is 0 Å². The quantitative estimate of drug-likeness (QED) is 0.702. The molecule has 1 aliphatic rings. The van der Waals surface area contributed by atoms with Gasteiger partial charge in [-0.1, -0.05) is 6.92 Å². The summed E-state index contributed by atoms with van der Waals surface area (Å²) >= 11 is 2.02. The number of hydrogen-bond acceptors (Lipinski definition) is 4. The fourth-order valence-corrected chi connectivity index (χ4v) is 3.35. The number of likely N-dealkylation sites (N-methyl/N-ethyl adjacent to an activating group) is 2. The summed E-state index contributed by atoms with van der Waals surface area (Å²) in [6.07, 6.45) is 3.89. The van der Waals surface area contributed by atoms with E-state index in [-0.39, 0.29) is 0 Å². The highest BCUT2D eigenvalue weighted by Crippen LogP contribution is 2.17. The first kappa shape index (κ1) is 15.3. The van der Waals surface area contributed by atoms with Gasteiger partial charge in [-0.3, -0.25) is 4.90 Å². The van der Waals surface area contributed by atoms with Crippen molar-refractivity contribution in [3.63, 3.8) is 0 Å². The molecule has 1 aliphatic heterocycles. The topological polar surface area (TPSA) is 32.5 Å². The van der Waals surface area contributed by atoms with Crippen LogP contribution in [0.25, 0.3) is 0 Å². The first-order valence-corrected chi connectivity index (χ1v) is 8.02. The Morgan fingerprint density at radius 2 is 2.29 bits per heavy atom. The number of hydrogen-bond donors (Lipinski definition) is 1. The molecule has 0 aliphatic carbocycles. The molecule has 0 radical (unpaired) electrons. The maximum atomic E-state index is 5.93. The number of nitrogens with zero attached hydrogens (tertiary/aromatic N) is 2. The van der Waals surface area contributed by atoms with Crippen LogP contribution in [0.3, 0.4) is 0 Å². The van der Waals surface area contributed by atoms with Crippen LogP contribution in [0.15, 0.2) is 0 Å². The SMILES string of the molecule is CCSCCC(CN)N(C)C1CCCN(C)C1. The molecule has 1 saturated heterocycles. The van der Waals surface area contributed by atoms with E-state index in [0.717, 1.165) is 6.54 Å². The minimum absolute atomic E-state index is 0.561. The highest BCUT2D eigenvalue weighted by molar-refractivity contribution is 7.99. The summed E-state index contributed by atoms with van der Waals surface area (Å²) in [5, 5.41) is 0. The standard InChI is InChI=1S/C13H29N3S/c1-4-17-9-7-12(10-14)16(3)13-6-5-8-15(2)11-13/h12-13H,4-11,14H2,1-3H3. The van der Waals surface area contributed by atoms with Gasteiger partial charge in [0.2, 0.25) is 0 Å². The first-order chi connectivity index (χ1) is 8.19. The fraction of sp³-hybridized carbons (Fsp3) is 1.00. The van der Waals surface area contributed by atoms with Gasteiger partial charge in [-0.15, -0.1) is 0 Å². The molecule has 0 amide bonds. The summed E-state index contributed by atoms with van der Waals surface area (Å²) in [5.74, 6) is 2.46. The molecule has 4 heteroatoms. The van der Waals surface area contributed by atoms with Crippen LogP contribution < -0.4 is 5.73 Å². The fourth-order valence-electron chi connectivity index (χ4n) is 2.62. The molecule has 0 saturated carbocycles. The van der Waals surface area contributed by atoms with Gasteiger partial charge in [0.05, 0.1) is 0 Å². The minimum atomic E-state index is 0.561. The highest BCUT2D eigenvalue weighted by Gasteiger charge is 2.25. The molecule has 0 aromatic carbocycles. The summed E-state index contributed by atoms with van der Waals surface area (Å²) in [5.41, 5.74) is 5.93. The average molecular weight is 259 g/mol. The molecular formula is C13H29N3S. The predicted molar refractivity (Wildman–Crippen MR) is 78.7 cm³/mol. The molecule has 1 fully saturated rings. The Kier molecular flexibility index (Phi) is 7.51. The van der Waals surface area contributed by atoms with Crippen molar-refractivity contribution in [2.24, 2.45) is 5.73 Å². The van der Waals surface area contributed by atoms with E-state index >= 15 is 0 Å². The largest absolute Gasteiger partial charge is 0.329 e. The summed E-state index contributed by atoms with van der Waals surface area (Å²) in [7, 11) is 4.49. The van der Waals surface area contributed by atoms with Crippen LogP contribution >= 0.6 is 11.8 Å². The van der Waals surface area contributed by atoms with E-state index in [9.17, 15) is 0 Å². The molecule has 1 rings (SSSR count). The van der Waals surface area contributed by atoms with E-state index in [1.807, 2.05) is 11.8 Å². The lowest BCUT2D eigenvalue weighted by Gasteiger charge is -2.39. The Morgan fingerprint density at radius 1 is 1.53 bits per heavy atom. The molecule has 0 aromatic heterocycles. The van der Waals surface area contributed by atoms with E-state index in [0.29, 0.717) is 12.1 Å². The van der Waals surface area contributed by atoms with Gasteiger partial charge >= 0.3 is 0 Å². The Hall–Kier alpha value is 0.230. The maximum absolute atomic E-state index is 5.93. The van der Waals surface area contributed by atoms with Crippen LogP contribution in [0, 0.1) is 0 Å². The van der Waals surface area contributed by atoms with Crippen molar-refractivity contribution in [2.45, 2.75) is 38.3 Å². The predicted octanol–water partition coefficient (Wildman–Crippen LogP) is 1.48. The van der Waals surface area contributed by atoms with Crippen molar-refractivity contribution in [3.05, 3.63) is 0 Å². The zero-order chi connectivity index (χ0) is 12.7. The van der Waals surface area contributed by atoms with E-state index < -0.39 is 0 Å². The van der Waals surface area contributed by atoms with Gasteiger partial charge in [0.15, 0.2) is 0 Å². The third kappa shape index (κ3) is 5.16. The van der Waals surface area contributed by atoms with E-state index in [1.165, 1.54) is 43.9 Å². The van der Waals surface area contributed by atoms with Gasteiger partial charge in [0, 0.05) is 25.2 Å². The van der Waals surface area contributed by atoms with Crippen LogP contribution in [0.4, 0.5) is 0 Å². The van der Waals surface area contributed by atoms with E-state index in [4.69, 9.17) is 5.73 Å². The summed E-state index contributed by atoms with van der Waals surface area (Å²) < 4.78 is 0. The molecule has 1 heterocycles. The van der Waals surface area contributed by atoms with Crippen LogP contribution in [-0.4, -0.2) is 67.1 Å². The molecule has 102 valence electrons. The molecule has 0 bridgehead atoms. The molecule has 0 aromatic rings. The Bertz CT molecular complexity index is 201. The third-order valence-corrected chi connectivity index (χ3v) is 4.76. The van der Waals surface area contributed by atoms with Gasteiger partial charge < -0.3 is 10.6 Å². The van der Waals surface area contributed by atoms with E-state index in [1.54, 1.807) is 0 Å². The summed E-state index contributed by atoms with van der Waals surface area (Å²) in [6.45, 7) is 5.47. The van der Waals surface area contributed by atoms with Crippen molar-refractivity contribution in [1.29, 1.82) is 0 Å².